The number of hydrogen-bond acceptors (Lipinski definition) is 4. The number of nitrogens with one attached hydrogen (secondary N) is 1. The lowest BCUT2D eigenvalue weighted by Gasteiger charge is -2.21. The van der Waals surface area contributed by atoms with Gasteiger partial charge in [0.15, 0.2) is 0 Å². The van der Waals surface area contributed by atoms with E-state index in [1.54, 1.807) is 6.20 Å². The third-order valence-electron chi connectivity index (χ3n) is 3.10. The van der Waals surface area contributed by atoms with Gasteiger partial charge in [-0.3, -0.25) is 0 Å². The van der Waals surface area contributed by atoms with E-state index in [0.29, 0.717) is 0 Å². The molecule has 0 amide bonds. The zero-order chi connectivity index (χ0) is 11.5. The lowest BCUT2D eigenvalue weighted by molar-refractivity contribution is 0.0996. The molecule has 88 valence electrons. The predicted molar refractivity (Wildman–Crippen MR) is 65.4 cm³/mol. The van der Waals surface area contributed by atoms with Crippen LogP contribution in [0.2, 0.25) is 0 Å². The second-order valence-corrected chi connectivity index (χ2v) is 4.37. The minimum absolute atomic E-state index is 0.249. The second-order valence-electron chi connectivity index (χ2n) is 4.37. The predicted octanol–water partition coefficient (Wildman–Crippen LogP) is 1.95. The van der Waals surface area contributed by atoms with Crippen LogP contribution in [0.5, 0.6) is 0 Å². The van der Waals surface area contributed by atoms with Gasteiger partial charge in [0.2, 0.25) is 0 Å². The molecular formula is C12H19N3O. The van der Waals surface area contributed by atoms with E-state index in [0.717, 1.165) is 36.5 Å². The quantitative estimate of drug-likeness (QED) is 0.819. The third-order valence-corrected chi connectivity index (χ3v) is 3.10. The Kier molecular flexibility index (Phi) is 3.29. The molecule has 0 aliphatic carbocycles. The standard InChI is InChI=1S/C12H19N3O/c1-8-5-6-14-12(11(8)13)15-9(2)10-4-3-7-16-10/h5-6,9-10H,3-4,7,13H2,1-2H3,(H,14,15). The van der Waals surface area contributed by atoms with Gasteiger partial charge in [-0.25, -0.2) is 4.98 Å². The van der Waals surface area contributed by atoms with E-state index in [2.05, 4.69) is 17.2 Å². The molecule has 3 N–H and O–H groups in total. The number of ether oxygens (including phenoxy) is 1. The average Bonchev–Trinajstić information content (AvgIpc) is 2.78. The monoisotopic (exact) mass is 221 g/mol. The van der Waals surface area contributed by atoms with Gasteiger partial charge < -0.3 is 15.8 Å². The molecule has 1 saturated heterocycles. The smallest absolute Gasteiger partial charge is 0.149 e. The lowest BCUT2D eigenvalue weighted by Crippen LogP contribution is -2.30. The highest BCUT2D eigenvalue weighted by Gasteiger charge is 2.22. The number of nitrogen functional groups attached to an aromatic ring is 1. The van der Waals surface area contributed by atoms with Gasteiger partial charge in [-0.05, 0) is 38.3 Å². The first-order valence-corrected chi connectivity index (χ1v) is 5.77. The van der Waals surface area contributed by atoms with E-state index in [4.69, 9.17) is 10.5 Å². The second kappa shape index (κ2) is 4.70. The highest BCUT2D eigenvalue weighted by molar-refractivity contribution is 5.65. The molecule has 1 aromatic rings. The van der Waals surface area contributed by atoms with Crippen molar-refractivity contribution in [2.45, 2.75) is 38.8 Å². The van der Waals surface area contributed by atoms with Crippen LogP contribution in [0.15, 0.2) is 12.3 Å². The Hall–Kier alpha value is -1.29. The first-order valence-electron chi connectivity index (χ1n) is 5.77. The van der Waals surface area contributed by atoms with Gasteiger partial charge in [0.05, 0.1) is 17.8 Å². The van der Waals surface area contributed by atoms with Gasteiger partial charge in [0.1, 0.15) is 5.82 Å². The van der Waals surface area contributed by atoms with Gasteiger partial charge in [-0.15, -0.1) is 0 Å². The first kappa shape index (κ1) is 11.2. The molecule has 0 spiro atoms. The summed E-state index contributed by atoms with van der Waals surface area (Å²) in [5.74, 6) is 0.767. The summed E-state index contributed by atoms with van der Waals surface area (Å²) in [5.41, 5.74) is 7.75. The summed E-state index contributed by atoms with van der Waals surface area (Å²) in [6, 6.07) is 2.16. The molecule has 1 aliphatic rings. The van der Waals surface area contributed by atoms with Gasteiger partial charge >= 0.3 is 0 Å². The van der Waals surface area contributed by atoms with E-state index in [1.807, 2.05) is 13.0 Å². The Morgan fingerprint density at radius 1 is 1.62 bits per heavy atom. The minimum atomic E-state index is 0.249. The SMILES string of the molecule is Cc1ccnc(NC(C)C2CCCO2)c1N. The van der Waals surface area contributed by atoms with Gasteiger partial charge in [0.25, 0.3) is 0 Å². The Balaban J connectivity index is 2.05. The van der Waals surface area contributed by atoms with Crippen LogP contribution in [-0.4, -0.2) is 23.7 Å². The molecule has 0 radical (unpaired) electrons. The maximum Gasteiger partial charge on any atom is 0.149 e. The first-order chi connectivity index (χ1) is 7.68. The van der Waals surface area contributed by atoms with Gasteiger partial charge in [-0.1, -0.05) is 0 Å². The van der Waals surface area contributed by atoms with Crippen LogP contribution in [-0.2, 0) is 4.74 Å². The third kappa shape index (κ3) is 2.27. The molecule has 1 aliphatic heterocycles. The summed E-state index contributed by atoms with van der Waals surface area (Å²) in [7, 11) is 0. The molecule has 0 aromatic carbocycles. The largest absolute Gasteiger partial charge is 0.396 e. The van der Waals surface area contributed by atoms with Crippen molar-refractivity contribution in [1.82, 2.24) is 4.98 Å². The minimum Gasteiger partial charge on any atom is -0.396 e. The van der Waals surface area contributed by atoms with Crippen molar-refractivity contribution in [1.29, 1.82) is 0 Å². The molecule has 4 heteroatoms. The molecule has 4 nitrogen and oxygen atoms in total. The molecule has 1 fully saturated rings. The molecule has 0 bridgehead atoms. The number of pyridine rings is 1. The number of nitrogens with zero attached hydrogens (tertiary/aromatic N) is 1. The molecule has 2 heterocycles. The summed E-state index contributed by atoms with van der Waals surface area (Å²) in [4.78, 5) is 4.26. The van der Waals surface area contributed by atoms with E-state index in [1.165, 1.54) is 0 Å². The summed E-state index contributed by atoms with van der Waals surface area (Å²) in [6.07, 6.45) is 4.31. The number of aromatic nitrogens is 1. The Labute approximate surface area is 96.2 Å². The van der Waals surface area contributed by atoms with E-state index < -0.39 is 0 Å². The van der Waals surface area contributed by atoms with Crippen molar-refractivity contribution in [3.05, 3.63) is 17.8 Å². The molecule has 16 heavy (non-hydrogen) atoms. The van der Waals surface area contributed by atoms with Crippen molar-refractivity contribution >= 4 is 11.5 Å². The van der Waals surface area contributed by atoms with E-state index in [9.17, 15) is 0 Å². The summed E-state index contributed by atoms with van der Waals surface area (Å²) in [5, 5.41) is 3.33. The number of rotatable bonds is 3. The number of nitrogens with two attached hydrogens (primary N) is 1. The average molecular weight is 221 g/mol. The highest BCUT2D eigenvalue weighted by Crippen LogP contribution is 2.23. The van der Waals surface area contributed by atoms with Crippen LogP contribution in [0, 0.1) is 6.92 Å². The topological polar surface area (TPSA) is 60.2 Å². The van der Waals surface area contributed by atoms with Crippen molar-refractivity contribution in [2.75, 3.05) is 17.7 Å². The van der Waals surface area contributed by atoms with E-state index in [-0.39, 0.29) is 12.1 Å². The van der Waals surface area contributed by atoms with Gasteiger partial charge in [0, 0.05) is 12.8 Å². The molecular weight excluding hydrogens is 202 g/mol. The van der Waals surface area contributed by atoms with Crippen molar-refractivity contribution in [2.24, 2.45) is 0 Å². The van der Waals surface area contributed by atoms with Crippen LogP contribution >= 0.6 is 0 Å². The summed E-state index contributed by atoms with van der Waals surface area (Å²) in [6.45, 7) is 4.96. The van der Waals surface area contributed by atoms with Gasteiger partial charge in [-0.2, -0.15) is 0 Å². The Morgan fingerprint density at radius 2 is 2.44 bits per heavy atom. The fraction of sp³-hybridized carbons (Fsp3) is 0.583. The van der Waals surface area contributed by atoms with E-state index >= 15 is 0 Å². The van der Waals surface area contributed by atoms with Crippen LogP contribution < -0.4 is 11.1 Å². The lowest BCUT2D eigenvalue weighted by atomic mass is 10.1. The zero-order valence-electron chi connectivity index (χ0n) is 9.86. The molecule has 0 saturated carbocycles. The maximum absolute atomic E-state index is 5.96. The number of anilines is 2. The Morgan fingerprint density at radius 3 is 3.12 bits per heavy atom. The molecule has 2 unspecified atom stereocenters. The normalized spacial score (nSPS) is 22.0. The van der Waals surface area contributed by atoms with Crippen LogP contribution in [0.1, 0.15) is 25.3 Å². The summed E-state index contributed by atoms with van der Waals surface area (Å²) >= 11 is 0. The van der Waals surface area contributed by atoms with Crippen molar-refractivity contribution in [3.8, 4) is 0 Å². The van der Waals surface area contributed by atoms with Crippen molar-refractivity contribution < 1.29 is 4.74 Å². The van der Waals surface area contributed by atoms with Crippen molar-refractivity contribution in [3.63, 3.8) is 0 Å². The fourth-order valence-corrected chi connectivity index (χ4v) is 1.99. The molecule has 2 rings (SSSR count). The highest BCUT2D eigenvalue weighted by atomic mass is 16.5. The van der Waals surface area contributed by atoms with Crippen LogP contribution in [0.25, 0.3) is 0 Å². The zero-order valence-corrected chi connectivity index (χ0v) is 9.86. The fourth-order valence-electron chi connectivity index (χ4n) is 1.99. The van der Waals surface area contributed by atoms with Crippen LogP contribution in [0.3, 0.4) is 0 Å². The molecule has 1 aromatic heterocycles. The number of aryl methyl sites for hydroxylation is 1. The summed E-state index contributed by atoms with van der Waals surface area (Å²) < 4.78 is 5.63. The number of hydrogen-bond donors (Lipinski definition) is 2. The molecule has 2 atom stereocenters. The Bertz CT molecular complexity index is 361. The van der Waals surface area contributed by atoms with Crippen LogP contribution in [0.4, 0.5) is 11.5 Å². The maximum atomic E-state index is 5.96.